The number of nitrogens with one attached hydrogen (secondary N) is 1. The monoisotopic (exact) mass is 466 g/mol. The topological polar surface area (TPSA) is 93.0 Å². The van der Waals surface area contributed by atoms with Crippen LogP contribution in [-0.4, -0.2) is 41.5 Å². The van der Waals surface area contributed by atoms with Crippen molar-refractivity contribution >= 4 is 21.5 Å². The largest absolute Gasteiger partial charge is 0.363 e. The third kappa shape index (κ3) is 5.35. The normalized spacial score (nSPS) is 11.4. The van der Waals surface area contributed by atoms with Crippen LogP contribution in [0.2, 0.25) is 0 Å². The van der Waals surface area contributed by atoms with Gasteiger partial charge in [0.1, 0.15) is 6.33 Å². The van der Waals surface area contributed by atoms with Crippen LogP contribution in [0.5, 0.6) is 0 Å². The lowest BCUT2D eigenvalue weighted by Crippen LogP contribution is -2.20. The highest BCUT2D eigenvalue weighted by Gasteiger charge is 2.15. The van der Waals surface area contributed by atoms with Gasteiger partial charge in [0.15, 0.2) is 21.5 Å². The Morgan fingerprint density at radius 3 is 2.36 bits per heavy atom. The lowest BCUT2D eigenvalue weighted by atomic mass is 10.2. The summed E-state index contributed by atoms with van der Waals surface area (Å²) >= 11 is 0. The van der Waals surface area contributed by atoms with E-state index in [1.807, 2.05) is 36.5 Å². The fraction of sp³-hybridized carbons (Fsp3) is 0.174. The molecule has 2 aromatic heterocycles. The van der Waals surface area contributed by atoms with Crippen LogP contribution in [0.3, 0.4) is 0 Å². The van der Waals surface area contributed by atoms with Crippen LogP contribution in [0.15, 0.2) is 78.2 Å². The van der Waals surface area contributed by atoms with Gasteiger partial charge in [-0.25, -0.2) is 23.1 Å². The van der Waals surface area contributed by atoms with Crippen LogP contribution in [0, 0.1) is 5.82 Å². The maximum atomic E-state index is 15.1. The quantitative estimate of drug-likeness (QED) is 0.425. The molecule has 0 bridgehead atoms. The fourth-order valence-corrected chi connectivity index (χ4v) is 3.95. The number of sulfone groups is 1. The van der Waals surface area contributed by atoms with Gasteiger partial charge in [-0.2, -0.15) is 9.49 Å². The number of aromatic nitrogens is 4. The van der Waals surface area contributed by atoms with Crippen LogP contribution < -0.4 is 10.2 Å². The molecule has 0 saturated carbocycles. The highest BCUT2D eigenvalue weighted by atomic mass is 32.2. The summed E-state index contributed by atoms with van der Waals surface area (Å²) in [7, 11) is -1.49. The lowest BCUT2D eigenvalue weighted by Gasteiger charge is -2.20. The van der Waals surface area contributed by atoms with E-state index in [4.69, 9.17) is 0 Å². The predicted octanol–water partition coefficient (Wildman–Crippen LogP) is 3.45. The Morgan fingerprint density at radius 2 is 1.73 bits per heavy atom. The minimum atomic E-state index is -3.26. The lowest BCUT2D eigenvalue weighted by molar-refractivity contribution is 0.602. The van der Waals surface area contributed by atoms with Crippen molar-refractivity contribution < 1.29 is 12.8 Å². The third-order valence-electron chi connectivity index (χ3n) is 5.07. The van der Waals surface area contributed by atoms with Crippen molar-refractivity contribution in [2.24, 2.45) is 0 Å². The third-order valence-corrected chi connectivity index (χ3v) is 6.20. The first-order valence-corrected chi connectivity index (χ1v) is 12.0. The number of benzene rings is 2. The molecule has 0 saturated heterocycles. The van der Waals surface area contributed by atoms with Crippen molar-refractivity contribution in [2.45, 2.75) is 18.0 Å². The molecule has 0 aliphatic heterocycles. The average molecular weight is 467 g/mol. The molecular weight excluding hydrogens is 443 g/mol. The summed E-state index contributed by atoms with van der Waals surface area (Å²) in [6.45, 7) is 0.746. The Hall–Kier alpha value is -3.79. The summed E-state index contributed by atoms with van der Waals surface area (Å²) in [4.78, 5) is 10.1. The summed E-state index contributed by atoms with van der Waals surface area (Å²) in [6, 6.07) is 16.1. The fourth-order valence-electron chi connectivity index (χ4n) is 3.31. The second-order valence-corrected chi connectivity index (χ2v) is 9.62. The molecule has 8 nitrogen and oxygen atoms in total. The molecule has 2 aromatic carbocycles. The van der Waals surface area contributed by atoms with Gasteiger partial charge < -0.3 is 10.2 Å². The minimum absolute atomic E-state index is 0.0769. The Kier molecular flexibility index (Phi) is 6.36. The van der Waals surface area contributed by atoms with Gasteiger partial charge >= 0.3 is 0 Å². The van der Waals surface area contributed by atoms with Gasteiger partial charge in [-0.3, -0.25) is 0 Å². The second-order valence-electron chi connectivity index (χ2n) is 7.60. The van der Waals surface area contributed by atoms with Gasteiger partial charge in [0.2, 0.25) is 5.82 Å². The van der Waals surface area contributed by atoms with Gasteiger partial charge in [-0.05, 0) is 41.5 Å². The van der Waals surface area contributed by atoms with E-state index >= 15 is 4.39 Å². The number of anilines is 2. The molecule has 0 aliphatic carbocycles. The SMILES string of the molecule is CN(Cc1ccc(-n2cccn2)cc1)c1ncnc(NCc2ccc(S(C)(=O)=O)cc2)c1F. The van der Waals surface area contributed by atoms with E-state index in [0.717, 1.165) is 23.1 Å². The molecule has 4 aromatic rings. The standard InChI is InChI=1S/C23H23FN6O2S/c1-29(15-18-4-8-19(9-5-18)30-13-3-12-28-30)23-21(24)22(26-16-27-23)25-14-17-6-10-20(11-7-17)33(2,31)32/h3-13,16H,14-15H2,1-2H3,(H,25,26,27). The molecule has 0 fully saturated rings. The zero-order valence-electron chi connectivity index (χ0n) is 18.2. The Labute approximate surface area is 191 Å². The van der Waals surface area contributed by atoms with E-state index in [9.17, 15) is 8.42 Å². The highest BCUT2D eigenvalue weighted by molar-refractivity contribution is 7.90. The van der Waals surface area contributed by atoms with Gasteiger partial charge in [0.05, 0.1) is 10.6 Å². The van der Waals surface area contributed by atoms with Gasteiger partial charge in [0.25, 0.3) is 0 Å². The first-order chi connectivity index (χ1) is 15.8. The number of nitrogens with zero attached hydrogens (tertiary/aromatic N) is 5. The van der Waals surface area contributed by atoms with E-state index < -0.39 is 15.7 Å². The molecule has 1 N–H and O–H groups in total. The number of hydrogen-bond donors (Lipinski definition) is 1. The predicted molar refractivity (Wildman–Crippen MR) is 125 cm³/mol. The molecule has 0 spiro atoms. The minimum Gasteiger partial charge on any atom is -0.363 e. The van der Waals surface area contributed by atoms with Crippen molar-refractivity contribution in [2.75, 3.05) is 23.5 Å². The van der Waals surface area contributed by atoms with Crippen molar-refractivity contribution in [3.63, 3.8) is 0 Å². The molecule has 10 heteroatoms. The summed E-state index contributed by atoms with van der Waals surface area (Å²) in [5, 5.41) is 7.16. The number of hydrogen-bond acceptors (Lipinski definition) is 7. The molecule has 0 radical (unpaired) electrons. The molecule has 170 valence electrons. The maximum Gasteiger partial charge on any atom is 0.207 e. The number of rotatable bonds is 8. The summed E-state index contributed by atoms with van der Waals surface area (Å²) < 4.78 is 40.0. The summed E-state index contributed by atoms with van der Waals surface area (Å²) in [5.74, 6) is -0.301. The summed E-state index contributed by atoms with van der Waals surface area (Å²) in [5.41, 5.74) is 2.73. The van der Waals surface area contributed by atoms with Gasteiger partial charge in [-0.15, -0.1) is 0 Å². The molecule has 0 atom stereocenters. The van der Waals surface area contributed by atoms with Crippen LogP contribution in [0.25, 0.3) is 5.69 Å². The molecule has 0 aliphatic rings. The van der Waals surface area contributed by atoms with Crippen LogP contribution in [0.1, 0.15) is 11.1 Å². The van der Waals surface area contributed by atoms with E-state index in [1.54, 1.807) is 35.0 Å². The van der Waals surface area contributed by atoms with E-state index in [-0.39, 0.29) is 23.1 Å². The highest BCUT2D eigenvalue weighted by Crippen LogP contribution is 2.23. The number of halogens is 1. The van der Waals surface area contributed by atoms with E-state index in [2.05, 4.69) is 20.4 Å². The van der Waals surface area contributed by atoms with E-state index in [0.29, 0.717) is 6.54 Å². The molecule has 0 unspecified atom stereocenters. The molecular formula is C23H23FN6O2S. The van der Waals surface area contributed by atoms with Gasteiger partial charge in [-0.1, -0.05) is 24.3 Å². The average Bonchev–Trinajstić information content (AvgIpc) is 3.33. The summed E-state index contributed by atoms with van der Waals surface area (Å²) in [6.07, 6.45) is 6.05. The van der Waals surface area contributed by atoms with Crippen LogP contribution in [-0.2, 0) is 22.9 Å². The zero-order chi connectivity index (χ0) is 23.4. The van der Waals surface area contributed by atoms with Crippen molar-refractivity contribution in [3.05, 3.63) is 90.3 Å². The Morgan fingerprint density at radius 1 is 1.03 bits per heavy atom. The Bertz CT molecular complexity index is 1320. The van der Waals surface area contributed by atoms with Crippen molar-refractivity contribution in [1.82, 2.24) is 19.7 Å². The van der Waals surface area contributed by atoms with E-state index in [1.165, 1.54) is 18.5 Å². The van der Waals surface area contributed by atoms with Crippen molar-refractivity contribution in [3.8, 4) is 5.69 Å². The molecule has 2 heterocycles. The smallest absolute Gasteiger partial charge is 0.207 e. The maximum absolute atomic E-state index is 15.1. The first kappa shape index (κ1) is 22.4. The van der Waals surface area contributed by atoms with Gasteiger partial charge in [0, 0.05) is 38.8 Å². The molecule has 33 heavy (non-hydrogen) atoms. The first-order valence-electron chi connectivity index (χ1n) is 10.1. The van der Waals surface area contributed by atoms with Crippen LogP contribution in [0.4, 0.5) is 16.0 Å². The molecule has 4 rings (SSSR count). The zero-order valence-corrected chi connectivity index (χ0v) is 19.0. The molecule has 0 amide bonds. The Balaban J connectivity index is 1.43. The van der Waals surface area contributed by atoms with Crippen molar-refractivity contribution in [1.29, 1.82) is 0 Å². The van der Waals surface area contributed by atoms with Crippen LogP contribution >= 0.6 is 0 Å². The second kappa shape index (κ2) is 9.37.